The molecule has 1 fully saturated rings. The fraction of sp³-hybridized carbons (Fsp3) is 0.700. The summed E-state index contributed by atoms with van der Waals surface area (Å²) in [5.41, 5.74) is 0.205. The van der Waals surface area contributed by atoms with Crippen LogP contribution in [0.5, 0.6) is 5.75 Å². The molecule has 0 aromatic heterocycles. The SMILES string of the molecule is CC(C)(C)CC(C)(C)c1ccccc1OS(=O)(=O)O[C@@H]1O[C@H](CO)[C@@H](O)[C@H](O)[C@@H]1O. The van der Waals surface area contributed by atoms with Gasteiger partial charge in [0.1, 0.15) is 30.2 Å². The quantitative estimate of drug-likeness (QED) is 0.477. The summed E-state index contributed by atoms with van der Waals surface area (Å²) in [6.45, 7) is 9.48. The average Bonchev–Trinajstić information content (AvgIpc) is 2.60. The minimum atomic E-state index is -4.73. The van der Waals surface area contributed by atoms with E-state index in [0.29, 0.717) is 5.56 Å². The third-order valence-corrected chi connectivity index (χ3v) is 5.65. The Bertz CT molecular complexity index is 814. The van der Waals surface area contributed by atoms with Crippen molar-refractivity contribution in [1.29, 1.82) is 0 Å². The van der Waals surface area contributed by atoms with Crippen LogP contribution in [0.25, 0.3) is 0 Å². The summed E-state index contributed by atoms with van der Waals surface area (Å²) >= 11 is 0. The maximum atomic E-state index is 12.5. The van der Waals surface area contributed by atoms with Gasteiger partial charge in [0.05, 0.1) is 6.61 Å². The lowest BCUT2D eigenvalue weighted by Gasteiger charge is -2.38. The number of ether oxygens (including phenoxy) is 1. The van der Waals surface area contributed by atoms with Crippen LogP contribution >= 0.6 is 0 Å². The van der Waals surface area contributed by atoms with Crippen molar-refractivity contribution in [1.82, 2.24) is 0 Å². The zero-order valence-electron chi connectivity index (χ0n) is 17.8. The topological polar surface area (TPSA) is 143 Å². The van der Waals surface area contributed by atoms with Crippen molar-refractivity contribution in [2.24, 2.45) is 5.41 Å². The molecule has 1 aromatic rings. The largest absolute Gasteiger partial charge is 0.451 e. The molecule has 1 heterocycles. The molecule has 5 atom stereocenters. The highest BCUT2D eigenvalue weighted by molar-refractivity contribution is 7.82. The lowest BCUT2D eigenvalue weighted by atomic mass is 9.72. The van der Waals surface area contributed by atoms with E-state index in [4.69, 9.17) is 13.1 Å². The van der Waals surface area contributed by atoms with E-state index in [1.165, 1.54) is 6.07 Å². The maximum Gasteiger partial charge on any atom is 0.451 e. The Hall–Kier alpha value is -1.27. The maximum absolute atomic E-state index is 12.5. The number of para-hydroxylation sites is 1. The lowest BCUT2D eigenvalue weighted by molar-refractivity contribution is -0.277. The van der Waals surface area contributed by atoms with Crippen LogP contribution in [-0.2, 0) is 24.7 Å². The van der Waals surface area contributed by atoms with E-state index >= 15 is 0 Å². The standard InChI is InChI=1S/C20H32O9S/c1-19(2,3)11-20(4,5)12-8-6-7-9-13(12)28-30(25,26)29-18-17(24)16(23)15(22)14(10-21)27-18/h6-9,14-18,21-24H,10-11H2,1-5H3/t14-,15-,16+,17+,18+/m1/s1. The monoisotopic (exact) mass is 448 g/mol. The van der Waals surface area contributed by atoms with E-state index in [-0.39, 0.29) is 11.2 Å². The van der Waals surface area contributed by atoms with Gasteiger partial charge in [-0.05, 0) is 23.3 Å². The van der Waals surface area contributed by atoms with Gasteiger partial charge in [-0.1, -0.05) is 52.8 Å². The summed E-state index contributed by atoms with van der Waals surface area (Å²) in [5.74, 6) is 0.0661. The molecule has 1 aliphatic rings. The Morgan fingerprint density at radius 2 is 1.60 bits per heavy atom. The van der Waals surface area contributed by atoms with E-state index < -0.39 is 53.1 Å². The summed E-state index contributed by atoms with van der Waals surface area (Å²) in [6, 6.07) is 6.66. The summed E-state index contributed by atoms with van der Waals surface area (Å²) in [4.78, 5) is 0. The molecule has 0 unspecified atom stereocenters. The first-order valence-corrected chi connectivity index (χ1v) is 11.0. The van der Waals surface area contributed by atoms with Crippen LogP contribution in [0.2, 0.25) is 0 Å². The van der Waals surface area contributed by atoms with Crippen molar-refractivity contribution >= 4 is 10.4 Å². The normalized spacial score (nSPS) is 28.4. The third kappa shape index (κ3) is 6.13. The molecule has 1 aromatic carbocycles. The predicted molar refractivity (Wildman–Crippen MR) is 108 cm³/mol. The zero-order valence-corrected chi connectivity index (χ0v) is 18.7. The predicted octanol–water partition coefficient (Wildman–Crippen LogP) is 0.840. The molecule has 30 heavy (non-hydrogen) atoms. The fourth-order valence-corrected chi connectivity index (χ4v) is 4.71. The van der Waals surface area contributed by atoms with Crippen molar-refractivity contribution < 1.29 is 41.9 Å². The van der Waals surface area contributed by atoms with Crippen LogP contribution in [0, 0.1) is 5.41 Å². The highest BCUT2D eigenvalue weighted by Crippen LogP contribution is 2.40. The molecule has 0 saturated carbocycles. The van der Waals surface area contributed by atoms with Crippen molar-refractivity contribution in [3.05, 3.63) is 29.8 Å². The Morgan fingerprint density at radius 1 is 1.00 bits per heavy atom. The van der Waals surface area contributed by atoms with Crippen LogP contribution in [0.1, 0.15) is 46.6 Å². The summed E-state index contributed by atoms with van der Waals surface area (Å²) in [7, 11) is -4.73. The van der Waals surface area contributed by atoms with Crippen LogP contribution in [-0.4, -0.2) is 66.2 Å². The Morgan fingerprint density at radius 3 is 2.17 bits per heavy atom. The van der Waals surface area contributed by atoms with Gasteiger partial charge in [-0.2, -0.15) is 8.42 Å². The molecule has 9 nitrogen and oxygen atoms in total. The van der Waals surface area contributed by atoms with Crippen LogP contribution in [0.3, 0.4) is 0 Å². The summed E-state index contributed by atoms with van der Waals surface area (Å²) < 4.78 is 40.1. The van der Waals surface area contributed by atoms with Gasteiger partial charge in [0.15, 0.2) is 0 Å². The van der Waals surface area contributed by atoms with Crippen molar-refractivity contribution in [3.8, 4) is 5.75 Å². The van der Waals surface area contributed by atoms with E-state index in [2.05, 4.69) is 20.8 Å². The Labute approximate surface area is 177 Å². The molecule has 0 spiro atoms. The van der Waals surface area contributed by atoms with Gasteiger partial charge in [0, 0.05) is 5.56 Å². The summed E-state index contributed by atoms with van der Waals surface area (Å²) in [6.07, 6.45) is -7.69. The van der Waals surface area contributed by atoms with Crippen molar-refractivity contribution in [2.75, 3.05) is 6.61 Å². The molecule has 1 saturated heterocycles. The zero-order chi connectivity index (χ0) is 22.9. The first-order valence-electron chi connectivity index (χ1n) is 9.69. The number of aliphatic hydroxyl groups is 4. The minimum absolute atomic E-state index is 0.0255. The highest BCUT2D eigenvalue weighted by Gasteiger charge is 2.46. The van der Waals surface area contributed by atoms with Crippen LogP contribution in [0.4, 0.5) is 0 Å². The Balaban J connectivity index is 2.24. The second-order valence-corrected chi connectivity index (χ2v) is 10.6. The molecule has 4 N–H and O–H groups in total. The molecule has 0 radical (unpaired) electrons. The molecule has 0 aliphatic carbocycles. The fourth-order valence-electron chi connectivity index (χ4n) is 3.91. The molecule has 172 valence electrons. The lowest BCUT2D eigenvalue weighted by Crippen LogP contribution is -2.59. The first-order chi connectivity index (χ1) is 13.7. The van der Waals surface area contributed by atoms with E-state index in [1.807, 2.05) is 13.8 Å². The minimum Gasteiger partial charge on any atom is -0.394 e. The molecule has 10 heteroatoms. The van der Waals surface area contributed by atoms with Gasteiger partial charge >= 0.3 is 10.4 Å². The van der Waals surface area contributed by atoms with Crippen molar-refractivity contribution in [3.63, 3.8) is 0 Å². The number of benzene rings is 1. The number of rotatable bonds is 7. The number of hydrogen-bond donors (Lipinski definition) is 4. The second kappa shape index (κ2) is 9.07. The number of hydrogen-bond acceptors (Lipinski definition) is 9. The molecule has 1 aliphatic heterocycles. The highest BCUT2D eigenvalue weighted by atomic mass is 32.3. The van der Waals surface area contributed by atoms with Gasteiger partial charge in [0.25, 0.3) is 0 Å². The van der Waals surface area contributed by atoms with Gasteiger partial charge in [-0.25, -0.2) is 4.18 Å². The molecular formula is C20H32O9S. The van der Waals surface area contributed by atoms with Gasteiger partial charge in [-0.3, -0.25) is 0 Å². The van der Waals surface area contributed by atoms with E-state index in [9.17, 15) is 28.8 Å². The molecular weight excluding hydrogens is 416 g/mol. The van der Waals surface area contributed by atoms with Gasteiger partial charge < -0.3 is 29.3 Å². The molecule has 2 rings (SSSR count). The molecule has 0 bridgehead atoms. The Kier molecular flexibility index (Phi) is 7.56. The van der Waals surface area contributed by atoms with Crippen LogP contribution < -0.4 is 4.18 Å². The van der Waals surface area contributed by atoms with Crippen LogP contribution in [0.15, 0.2) is 24.3 Å². The van der Waals surface area contributed by atoms with Gasteiger partial charge in [-0.15, -0.1) is 0 Å². The first kappa shape index (κ1) is 25.0. The average molecular weight is 449 g/mol. The second-order valence-electron chi connectivity index (χ2n) is 9.40. The number of aliphatic hydroxyl groups excluding tert-OH is 4. The van der Waals surface area contributed by atoms with Crippen molar-refractivity contribution in [2.45, 2.75) is 77.2 Å². The van der Waals surface area contributed by atoms with E-state index in [1.54, 1.807) is 18.2 Å². The van der Waals surface area contributed by atoms with Gasteiger partial charge in [0.2, 0.25) is 6.29 Å². The smallest absolute Gasteiger partial charge is 0.394 e. The third-order valence-electron chi connectivity index (χ3n) is 4.84. The van der Waals surface area contributed by atoms with E-state index in [0.717, 1.165) is 6.42 Å². The summed E-state index contributed by atoms with van der Waals surface area (Å²) in [5, 5.41) is 38.8. The molecule has 0 amide bonds.